The molecule has 2 amide bonds. The second-order valence-corrected chi connectivity index (χ2v) is 9.66. The molecule has 1 aliphatic heterocycles. The van der Waals surface area contributed by atoms with Crippen molar-refractivity contribution in [3.05, 3.63) is 29.6 Å². The van der Waals surface area contributed by atoms with Gasteiger partial charge in [0.1, 0.15) is 5.69 Å². The number of amides is 2. The first kappa shape index (κ1) is 21.9. The number of pyridine rings is 1. The molecule has 0 bridgehead atoms. The van der Waals surface area contributed by atoms with Gasteiger partial charge in [-0.3, -0.25) is 4.79 Å². The number of hydrogen-bond acceptors (Lipinski definition) is 4. The fourth-order valence-electron chi connectivity index (χ4n) is 5.50. The van der Waals surface area contributed by atoms with Gasteiger partial charge in [-0.1, -0.05) is 6.07 Å². The van der Waals surface area contributed by atoms with Crippen molar-refractivity contribution in [2.75, 3.05) is 20.2 Å². The zero-order valence-electron chi connectivity index (χ0n) is 17.8. The van der Waals surface area contributed by atoms with E-state index in [9.17, 15) is 22.8 Å². The number of nitrogens with zero attached hydrogens (tertiary/aromatic N) is 2. The van der Waals surface area contributed by atoms with Crippen LogP contribution in [0.15, 0.2) is 18.2 Å². The molecule has 1 aromatic rings. The molecule has 31 heavy (non-hydrogen) atoms. The highest BCUT2D eigenvalue weighted by Gasteiger charge is 2.50. The highest BCUT2D eigenvalue weighted by atomic mass is 19.4. The first-order valence-corrected chi connectivity index (χ1v) is 10.7. The van der Waals surface area contributed by atoms with Gasteiger partial charge < -0.3 is 15.0 Å². The number of carbonyl (C=O) groups excluding carboxylic acids is 2. The molecule has 1 saturated heterocycles. The Labute approximate surface area is 179 Å². The van der Waals surface area contributed by atoms with Crippen LogP contribution in [0.25, 0.3) is 0 Å². The number of halogens is 3. The van der Waals surface area contributed by atoms with Gasteiger partial charge in [0.05, 0.1) is 7.11 Å². The van der Waals surface area contributed by atoms with Gasteiger partial charge >= 0.3 is 12.3 Å². The van der Waals surface area contributed by atoms with Crippen LogP contribution in [0.3, 0.4) is 0 Å². The van der Waals surface area contributed by atoms with E-state index < -0.39 is 23.5 Å². The Bertz CT molecular complexity index is 851. The number of ether oxygens (including phenoxy) is 1. The zero-order valence-corrected chi connectivity index (χ0v) is 17.8. The maximum atomic E-state index is 12.9. The maximum Gasteiger partial charge on any atom is 0.433 e. The quantitative estimate of drug-likeness (QED) is 0.770. The summed E-state index contributed by atoms with van der Waals surface area (Å²) in [5.74, 6) is 0.107. The van der Waals surface area contributed by atoms with Crippen LogP contribution < -0.4 is 5.32 Å². The van der Waals surface area contributed by atoms with E-state index in [1.165, 1.54) is 13.2 Å². The minimum Gasteiger partial charge on any atom is -0.453 e. The fraction of sp³-hybridized carbons (Fsp3) is 0.682. The number of methoxy groups -OCH3 is 1. The number of piperidine rings is 1. The van der Waals surface area contributed by atoms with Gasteiger partial charge in [0.2, 0.25) is 5.91 Å². The lowest BCUT2D eigenvalue weighted by molar-refractivity contribution is -0.144. The van der Waals surface area contributed by atoms with E-state index in [1.54, 1.807) is 6.07 Å². The molecule has 0 aromatic carbocycles. The van der Waals surface area contributed by atoms with Gasteiger partial charge in [-0.25, -0.2) is 9.78 Å². The summed E-state index contributed by atoms with van der Waals surface area (Å²) in [7, 11) is 1.32. The lowest BCUT2D eigenvalue weighted by Crippen LogP contribution is -2.59. The number of alkyl carbamates (subject to hydrolysis) is 1. The Balaban J connectivity index is 1.26. The van der Waals surface area contributed by atoms with Crippen molar-refractivity contribution in [1.82, 2.24) is 15.2 Å². The van der Waals surface area contributed by atoms with Crippen molar-refractivity contribution in [3.63, 3.8) is 0 Å². The van der Waals surface area contributed by atoms with E-state index >= 15 is 0 Å². The standard InChI is InChI=1S/C22H28F3N3O3/c1-20(27-19(30)31-2)10-15(11-20)18(29)28-8-6-21(7-9-28)12-14(13-21)16-4-3-5-17(26-16)22(23,24)25/h3-5,14-15H,6-13H2,1-2H3,(H,27,30). The van der Waals surface area contributed by atoms with Gasteiger partial charge in [0.15, 0.2) is 0 Å². The molecule has 6 nitrogen and oxygen atoms in total. The third-order valence-corrected chi connectivity index (χ3v) is 7.31. The van der Waals surface area contributed by atoms with Gasteiger partial charge in [-0.2, -0.15) is 13.2 Å². The Kier molecular flexibility index (Phi) is 5.42. The van der Waals surface area contributed by atoms with Crippen molar-refractivity contribution in [2.24, 2.45) is 11.3 Å². The minimum atomic E-state index is -4.42. The number of alkyl halides is 3. The van der Waals surface area contributed by atoms with E-state index in [1.807, 2.05) is 11.8 Å². The molecule has 4 rings (SSSR count). The number of carbonyl (C=O) groups is 2. The monoisotopic (exact) mass is 439 g/mol. The second-order valence-electron chi connectivity index (χ2n) is 9.66. The van der Waals surface area contributed by atoms with Crippen LogP contribution in [0.1, 0.15) is 62.8 Å². The summed E-state index contributed by atoms with van der Waals surface area (Å²) in [5, 5.41) is 2.79. The van der Waals surface area contributed by atoms with Crippen molar-refractivity contribution >= 4 is 12.0 Å². The molecule has 1 N–H and O–H groups in total. The highest BCUT2D eigenvalue weighted by Crippen LogP contribution is 2.56. The zero-order chi connectivity index (χ0) is 22.4. The number of rotatable bonds is 3. The van der Waals surface area contributed by atoms with Crippen LogP contribution in [-0.2, 0) is 15.7 Å². The van der Waals surface area contributed by atoms with E-state index in [0.717, 1.165) is 31.7 Å². The molecule has 0 radical (unpaired) electrons. The number of hydrogen-bond donors (Lipinski definition) is 1. The molecular formula is C22H28F3N3O3. The Morgan fingerprint density at radius 2 is 1.81 bits per heavy atom. The maximum absolute atomic E-state index is 12.9. The summed E-state index contributed by atoms with van der Waals surface area (Å²) >= 11 is 0. The average Bonchev–Trinajstić information content (AvgIpc) is 2.69. The molecule has 9 heteroatoms. The molecule has 2 saturated carbocycles. The van der Waals surface area contributed by atoms with Crippen LogP contribution in [0.5, 0.6) is 0 Å². The summed E-state index contributed by atoms with van der Waals surface area (Å²) in [6, 6.07) is 4.12. The Morgan fingerprint density at radius 3 is 2.39 bits per heavy atom. The summed E-state index contributed by atoms with van der Waals surface area (Å²) in [4.78, 5) is 30.0. The van der Waals surface area contributed by atoms with Gasteiger partial charge in [0.25, 0.3) is 0 Å². The lowest BCUT2D eigenvalue weighted by Gasteiger charge is -2.53. The first-order valence-electron chi connectivity index (χ1n) is 10.7. The summed E-state index contributed by atoms with van der Waals surface area (Å²) < 4.78 is 43.4. The predicted octanol–water partition coefficient (Wildman–Crippen LogP) is 4.11. The van der Waals surface area contributed by atoms with Crippen LogP contribution in [0.2, 0.25) is 0 Å². The first-order chi connectivity index (χ1) is 14.5. The Morgan fingerprint density at radius 1 is 1.16 bits per heavy atom. The van der Waals surface area contributed by atoms with E-state index in [4.69, 9.17) is 0 Å². The third-order valence-electron chi connectivity index (χ3n) is 7.31. The van der Waals surface area contributed by atoms with Crippen molar-refractivity contribution in [1.29, 1.82) is 0 Å². The molecule has 1 spiro atoms. The lowest BCUT2D eigenvalue weighted by atomic mass is 9.56. The van der Waals surface area contributed by atoms with Crippen LogP contribution in [-0.4, -0.2) is 47.6 Å². The van der Waals surface area contributed by atoms with E-state index in [-0.39, 0.29) is 23.2 Å². The van der Waals surface area contributed by atoms with Crippen LogP contribution in [0, 0.1) is 11.3 Å². The molecule has 2 aliphatic carbocycles. The molecule has 0 unspecified atom stereocenters. The topological polar surface area (TPSA) is 71.5 Å². The smallest absolute Gasteiger partial charge is 0.433 e. The molecule has 1 aromatic heterocycles. The largest absolute Gasteiger partial charge is 0.453 e. The van der Waals surface area contributed by atoms with Gasteiger partial charge in [-0.15, -0.1) is 0 Å². The number of aromatic nitrogens is 1. The van der Waals surface area contributed by atoms with E-state index in [0.29, 0.717) is 31.6 Å². The minimum absolute atomic E-state index is 0.0567. The number of likely N-dealkylation sites (tertiary alicyclic amines) is 1. The summed E-state index contributed by atoms with van der Waals surface area (Å²) in [5.41, 5.74) is -0.604. The summed E-state index contributed by atoms with van der Waals surface area (Å²) in [6.07, 6.45) is -0.299. The van der Waals surface area contributed by atoms with Crippen molar-refractivity contribution < 1.29 is 27.5 Å². The second kappa shape index (κ2) is 7.67. The number of nitrogens with one attached hydrogen (secondary N) is 1. The Hall–Kier alpha value is -2.32. The SMILES string of the molecule is COC(=O)NC1(C)CC(C(=O)N2CCC3(CC2)CC(c2cccc(C(F)(F)F)n2)C3)C1. The highest BCUT2D eigenvalue weighted by molar-refractivity contribution is 5.81. The molecule has 2 heterocycles. The molecule has 3 fully saturated rings. The molecule has 0 atom stereocenters. The van der Waals surface area contributed by atoms with E-state index in [2.05, 4.69) is 15.0 Å². The average molecular weight is 439 g/mol. The molecule has 3 aliphatic rings. The predicted molar refractivity (Wildman–Crippen MR) is 106 cm³/mol. The third kappa shape index (κ3) is 4.36. The fourth-order valence-corrected chi connectivity index (χ4v) is 5.50. The normalized spacial score (nSPS) is 27.9. The summed E-state index contributed by atoms with van der Waals surface area (Å²) in [6.45, 7) is 3.27. The molecular weight excluding hydrogens is 411 g/mol. The van der Waals surface area contributed by atoms with Crippen molar-refractivity contribution in [3.8, 4) is 0 Å². The van der Waals surface area contributed by atoms with Crippen LogP contribution in [0.4, 0.5) is 18.0 Å². The van der Waals surface area contributed by atoms with Gasteiger partial charge in [0, 0.05) is 36.2 Å². The van der Waals surface area contributed by atoms with Crippen molar-refractivity contribution in [2.45, 2.75) is 63.1 Å². The van der Waals surface area contributed by atoms with Gasteiger partial charge in [-0.05, 0) is 63.0 Å². The van der Waals surface area contributed by atoms with Crippen LogP contribution >= 0.6 is 0 Å². The molecule has 170 valence electrons.